The molecule has 0 amide bonds. The van der Waals surface area contributed by atoms with Gasteiger partial charge < -0.3 is 10.1 Å². The van der Waals surface area contributed by atoms with Crippen molar-refractivity contribution in [3.05, 3.63) is 65.5 Å². The predicted molar refractivity (Wildman–Crippen MR) is 83.3 cm³/mol. The summed E-state index contributed by atoms with van der Waals surface area (Å²) in [6.07, 6.45) is 4.55. The number of aryl methyl sites for hydroxylation is 1. The Morgan fingerprint density at radius 2 is 2.24 bits per heavy atom. The number of hydrogen-bond donors (Lipinski definition) is 1. The summed E-state index contributed by atoms with van der Waals surface area (Å²) in [5.74, 6) is 0. The second kappa shape index (κ2) is 6.39. The maximum absolute atomic E-state index is 5.50. The van der Waals surface area contributed by atoms with Crippen LogP contribution in [0.3, 0.4) is 0 Å². The van der Waals surface area contributed by atoms with Gasteiger partial charge in [0.05, 0.1) is 12.6 Å². The van der Waals surface area contributed by atoms with Gasteiger partial charge in [-0.1, -0.05) is 35.9 Å². The largest absolute Gasteiger partial charge is 0.463 e. The van der Waals surface area contributed by atoms with Crippen LogP contribution < -0.4 is 5.32 Å². The first kappa shape index (κ1) is 13.6. The van der Waals surface area contributed by atoms with Crippen LogP contribution in [-0.2, 0) is 11.2 Å². The van der Waals surface area contributed by atoms with Gasteiger partial charge in [0, 0.05) is 12.4 Å². The quantitative estimate of drug-likeness (QED) is 0.937. The molecule has 2 heterocycles. The monoisotopic (exact) mass is 281 g/mol. The number of hydrogen-bond acceptors (Lipinski definition) is 4. The smallest absolute Gasteiger partial charge is 0.285 e. The summed E-state index contributed by atoms with van der Waals surface area (Å²) >= 11 is 0. The molecular formula is C17H19N3O. The van der Waals surface area contributed by atoms with Crippen molar-refractivity contribution >= 4 is 6.02 Å². The highest BCUT2D eigenvalue weighted by atomic mass is 16.5. The van der Waals surface area contributed by atoms with Gasteiger partial charge in [-0.25, -0.2) is 4.99 Å². The third-order valence-electron chi connectivity index (χ3n) is 3.49. The Morgan fingerprint density at radius 1 is 1.29 bits per heavy atom. The van der Waals surface area contributed by atoms with E-state index < -0.39 is 0 Å². The van der Waals surface area contributed by atoms with Crippen LogP contribution in [0.4, 0.5) is 0 Å². The number of nitrogens with one attached hydrogen (secondary N) is 1. The van der Waals surface area contributed by atoms with Gasteiger partial charge in [-0.05, 0) is 30.5 Å². The van der Waals surface area contributed by atoms with Crippen molar-refractivity contribution in [2.24, 2.45) is 4.99 Å². The average Bonchev–Trinajstić information content (AvgIpc) is 3.01. The number of rotatable bonds is 4. The lowest BCUT2D eigenvalue weighted by Gasteiger charge is -2.20. The van der Waals surface area contributed by atoms with Crippen LogP contribution in [0.25, 0.3) is 0 Å². The number of pyridine rings is 1. The number of amidine groups is 1. The van der Waals surface area contributed by atoms with Crippen molar-refractivity contribution < 1.29 is 4.74 Å². The first-order valence-corrected chi connectivity index (χ1v) is 7.20. The molecule has 1 aliphatic rings. The molecule has 1 aromatic carbocycles. The van der Waals surface area contributed by atoms with Crippen LogP contribution in [0.1, 0.15) is 22.7 Å². The van der Waals surface area contributed by atoms with Crippen LogP contribution in [0, 0.1) is 6.92 Å². The lowest BCUT2D eigenvalue weighted by Crippen LogP contribution is -2.30. The summed E-state index contributed by atoms with van der Waals surface area (Å²) in [5, 5.41) is 3.41. The van der Waals surface area contributed by atoms with E-state index in [4.69, 9.17) is 4.74 Å². The molecule has 4 heteroatoms. The van der Waals surface area contributed by atoms with Gasteiger partial charge in [-0.15, -0.1) is 0 Å². The van der Waals surface area contributed by atoms with Crippen LogP contribution in [0.15, 0.2) is 53.8 Å². The summed E-state index contributed by atoms with van der Waals surface area (Å²) in [6, 6.07) is 13.4. The molecular weight excluding hydrogens is 262 g/mol. The molecule has 0 spiro atoms. The molecule has 108 valence electrons. The zero-order valence-corrected chi connectivity index (χ0v) is 12.1. The van der Waals surface area contributed by atoms with Crippen molar-refractivity contribution in [1.82, 2.24) is 10.3 Å². The Hall–Kier alpha value is -2.36. The van der Waals surface area contributed by atoms with E-state index in [1.54, 1.807) is 6.20 Å². The van der Waals surface area contributed by atoms with Gasteiger partial charge in [0.15, 0.2) is 0 Å². The van der Waals surface area contributed by atoms with Gasteiger partial charge >= 0.3 is 0 Å². The van der Waals surface area contributed by atoms with Gasteiger partial charge in [0.2, 0.25) is 0 Å². The zero-order valence-electron chi connectivity index (χ0n) is 12.1. The maximum atomic E-state index is 5.50. The molecule has 0 saturated carbocycles. The Morgan fingerprint density at radius 3 is 2.95 bits per heavy atom. The highest BCUT2D eigenvalue weighted by Gasteiger charge is 2.17. The van der Waals surface area contributed by atoms with Gasteiger partial charge in [0.25, 0.3) is 6.02 Å². The Balaban J connectivity index is 1.83. The molecule has 0 fully saturated rings. The average molecular weight is 281 g/mol. The molecule has 1 aromatic heterocycles. The lowest BCUT2D eigenvalue weighted by molar-refractivity contribution is 0.325. The van der Waals surface area contributed by atoms with Crippen molar-refractivity contribution in [2.75, 3.05) is 13.2 Å². The van der Waals surface area contributed by atoms with Crippen LogP contribution >= 0.6 is 0 Å². The maximum Gasteiger partial charge on any atom is 0.285 e. The molecule has 3 rings (SSSR count). The fraction of sp³-hybridized carbons (Fsp3) is 0.294. The Labute approximate surface area is 124 Å². The molecule has 21 heavy (non-hydrogen) atoms. The summed E-state index contributed by atoms with van der Waals surface area (Å²) in [7, 11) is 0. The third-order valence-corrected chi connectivity index (χ3v) is 3.49. The van der Waals surface area contributed by atoms with E-state index in [1.807, 2.05) is 12.3 Å². The van der Waals surface area contributed by atoms with E-state index in [2.05, 4.69) is 52.5 Å². The number of nitrogens with zero attached hydrogens (tertiary/aromatic N) is 2. The van der Waals surface area contributed by atoms with E-state index in [1.165, 1.54) is 16.7 Å². The highest BCUT2D eigenvalue weighted by Crippen LogP contribution is 2.20. The minimum absolute atomic E-state index is 0.131. The summed E-state index contributed by atoms with van der Waals surface area (Å²) < 4.78 is 5.50. The third kappa shape index (κ3) is 3.60. The number of ether oxygens (including phenoxy) is 1. The van der Waals surface area contributed by atoms with E-state index in [-0.39, 0.29) is 6.04 Å². The molecule has 0 aliphatic carbocycles. The molecule has 1 N–H and O–H groups in total. The standard InChI is InChI=1S/C17H19N3O/c1-13-4-2-6-15(10-13)16(20-17-19-8-9-21-17)11-14-5-3-7-18-12-14/h2-7,10,12,16H,8-9,11H2,1H3,(H,19,20). The minimum Gasteiger partial charge on any atom is -0.463 e. The predicted octanol–water partition coefficient (Wildman–Crippen LogP) is 2.65. The van der Waals surface area contributed by atoms with Crippen molar-refractivity contribution in [1.29, 1.82) is 0 Å². The fourth-order valence-electron chi connectivity index (χ4n) is 2.47. The molecule has 0 bridgehead atoms. The van der Waals surface area contributed by atoms with Crippen LogP contribution in [-0.4, -0.2) is 24.2 Å². The molecule has 1 unspecified atom stereocenters. The fourth-order valence-corrected chi connectivity index (χ4v) is 2.47. The first-order chi connectivity index (χ1) is 10.3. The summed E-state index contributed by atoms with van der Waals surface area (Å²) in [4.78, 5) is 8.52. The SMILES string of the molecule is Cc1cccc(C(Cc2cccnc2)NC2=NCCO2)c1. The summed E-state index contributed by atoms with van der Waals surface area (Å²) in [5.41, 5.74) is 3.67. The highest BCUT2D eigenvalue weighted by molar-refractivity contribution is 5.75. The number of aliphatic imine (C=N–C) groups is 1. The van der Waals surface area contributed by atoms with Crippen molar-refractivity contribution in [3.8, 4) is 0 Å². The van der Waals surface area contributed by atoms with Gasteiger partial charge in [0.1, 0.15) is 6.61 Å². The number of benzene rings is 1. The molecule has 1 aliphatic heterocycles. The normalized spacial score (nSPS) is 15.2. The Kier molecular flexibility index (Phi) is 4.15. The van der Waals surface area contributed by atoms with E-state index >= 15 is 0 Å². The Bertz CT molecular complexity index is 625. The topological polar surface area (TPSA) is 46.5 Å². The molecule has 0 radical (unpaired) electrons. The van der Waals surface area contributed by atoms with Crippen molar-refractivity contribution in [2.45, 2.75) is 19.4 Å². The molecule has 0 saturated heterocycles. The van der Waals surface area contributed by atoms with Crippen LogP contribution in [0.2, 0.25) is 0 Å². The number of aromatic nitrogens is 1. The van der Waals surface area contributed by atoms with Crippen molar-refractivity contribution in [3.63, 3.8) is 0 Å². The van der Waals surface area contributed by atoms with Crippen LogP contribution in [0.5, 0.6) is 0 Å². The van der Waals surface area contributed by atoms with E-state index in [0.29, 0.717) is 12.6 Å². The second-order valence-corrected chi connectivity index (χ2v) is 5.21. The summed E-state index contributed by atoms with van der Waals surface area (Å²) in [6.45, 7) is 3.50. The molecule has 2 aromatic rings. The lowest BCUT2D eigenvalue weighted by atomic mass is 9.98. The van der Waals surface area contributed by atoms with Gasteiger partial charge in [-0.3, -0.25) is 4.98 Å². The van der Waals surface area contributed by atoms with E-state index in [9.17, 15) is 0 Å². The first-order valence-electron chi connectivity index (χ1n) is 7.20. The van der Waals surface area contributed by atoms with E-state index in [0.717, 1.165) is 13.0 Å². The second-order valence-electron chi connectivity index (χ2n) is 5.21. The minimum atomic E-state index is 0.131. The molecule has 1 atom stereocenters. The zero-order chi connectivity index (χ0) is 14.5. The van der Waals surface area contributed by atoms with Gasteiger partial charge in [-0.2, -0.15) is 0 Å². The molecule has 4 nitrogen and oxygen atoms in total.